The molecule has 0 saturated heterocycles. The highest BCUT2D eigenvalue weighted by Gasteiger charge is 2.59. The largest absolute Gasteiger partial charge is 0.497 e. The molecule has 1 atom stereocenters. The number of hydrogen-bond acceptors (Lipinski definition) is 5. The fraction of sp³-hybridized carbons (Fsp3) is 0.346. The molecule has 0 fully saturated rings. The molecule has 2 aliphatic heterocycles. The van der Waals surface area contributed by atoms with E-state index >= 15 is 0 Å². The minimum atomic E-state index is -0.856. The Balaban J connectivity index is 1.66. The summed E-state index contributed by atoms with van der Waals surface area (Å²) >= 11 is 0. The van der Waals surface area contributed by atoms with Crippen molar-refractivity contribution in [3.8, 4) is 11.5 Å². The fourth-order valence-electron chi connectivity index (χ4n) is 4.99. The van der Waals surface area contributed by atoms with E-state index < -0.39 is 11.1 Å². The maximum atomic E-state index is 14.0. The summed E-state index contributed by atoms with van der Waals surface area (Å²) in [5.74, 6) is 1.12. The number of unbranched alkanes of at least 4 members (excludes halogenated alkanes) is 1. The topological polar surface area (TPSA) is 54.3 Å². The van der Waals surface area contributed by atoms with Gasteiger partial charge in [0, 0.05) is 24.2 Å². The predicted molar refractivity (Wildman–Crippen MR) is 125 cm³/mol. The van der Waals surface area contributed by atoms with E-state index in [-0.39, 0.29) is 12.4 Å². The second-order valence-electron chi connectivity index (χ2n) is 8.92. The Kier molecular flexibility index (Phi) is 4.86. The number of hydrogen-bond donors (Lipinski definition) is 1. The summed E-state index contributed by atoms with van der Waals surface area (Å²) in [6.07, 6.45) is 3.38. The van der Waals surface area contributed by atoms with Gasteiger partial charge in [-0.2, -0.15) is 0 Å². The van der Waals surface area contributed by atoms with Crippen molar-refractivity contribution < 1.29 is 19.0 Å². The average Bonchev–Trinajstić information content (AvgIpc) is 2.97. The van der Waals surface area contributed by atoms with Gasteiger partial charge in [0.15, 0.2) is 0 Å². The molecule has 0 amide bonds. The molecule has 5 rings (SSSR count). The number of aliphatic hydroxyl groups excluding tert-OH is 1. The van der Waals surface area contributed by atoms with Crippen LogP contribution in [0.15, 0.2) is 53.5 Å². The fourth-order valence-corrected chi connectivity index (χ4v) is 4.99. The number of ether oxygens (including phenoxy) is 2. The lowest BCUT2D eigenvalue weighted by Crippen LogP contribution is -2.62. The Morgan fingerprint density at radius 2 is 1.91 bits per heavy atom. The molecule has 0 bridgehead atoms. The second-order valence-corrected chi connectivity index (χ2v) is 8.92. The van der Waals surface area contributed by atoms with E-state index in [1.165, 1.54) is 12.1 Å². The highest BCUT2D eigenvalue weighted by Crippen LogP contribution is 2.55. The average molecular weight is 435 g/mol. The van der Waals surface area contributed by atoms with Crippen LogP contribution in [0.1, 0.15) is 32.3 Å². The van der Waals surface area contributed by atoms with Crippen molar-refractivity contribution >= 4 is 28.4 Å². The van der Waals surface area contributed by atoms with Crippen LogP contribution in [-0.4, -0.2) is 37.3 Å². The van der Waals surface area contributed by atoms with Crippen LogP contribution in [0.2, 0.25) is 0 Å². The van der Waals surface area contributed by atoms with Crippen LogP contribution in [0.5, 0.6) is 11.5 Å². The van der Waals surface area contributed by atoms with Crippen molar-refractivity contribution in [2.75, 3.05) is 25.2 Å². The molecule has 6 heteroatoms. The summed E-state index contributed by atoms with van der Waals surface area (Å²) in [4.78, 5) is 7.09. The van der Waals surface area contributed by atoms with E-state index in [1.54, 1.807) is 13.2 Å². The van der Waals surface area contributed by atoms with Gasteiger partial charge in [0.05, 0.1) is 18.7 Å². The van der Waals surface area contributed by atoms with Crippen LogP contribution < -0.4 is 14.4 Å². The normalized spacial score (nSPS) is 20.3. The number of nitrogens with zero attached hydrogens (tertiary/aromatic N) is 2. The number of aliphatic imine (C=N–C) groups is 1. The zero-order chi connectivity index (χ0) is 22.5. The SMILES string of the molecule is COc1ccc2c(c1)C(C)(C)C1(C=Nc3c(ccc4ccc(F)cc34)O1)N2CCCCO. The lowest BCUT2D eigenvalue weighted by Gasteiger charge is -2.46. The van der Waals surface area contributed by atoms with Crippen LogP contribution >= 0.6 is 0 Å². The molecule has 1 unspecified atom stereocenters. The first-order chi connectivity index (χ1) is 15.4. The maximum Gasteiger partial charge on any atom is 0.228 e. The molecule has 3 aromatic carbocycles. The Bertz CT molecular complexity index is 1220. The molecule has 3 aromatic rings. The Hall–Kier alpha value is -3.12. The minimum absolute atomic E-state index is 0.148. The van der Waals surface area contributed by atoms with Crippen molar-refractivity contribution in [1.29, 1.82) is 0 Å². The molecule has 1 N–H and O–H groups in total. The van der Waals surface area contributed by atoms with Gasteiger partial charge in [-0.25, -0.2) is 4.39 Å². The zero-order valence-electron chi connectivity index (χ0n) is 18.6. The summed E-state index contributed by atoms with van der Waals surface area (Å²) in [5.41, 5.74) is 1.52. The molecular formula is C26H27FN2O3. The molecule has 32 heavy (non-hydrogen) atoms. The third kappa shape index (κ3) is 2.89. The van der Waals surface area contributed by atoms with E-state index in [1.807, 2.05) is 24.4 Å². The van der Waals surface area contributed by atoms with Gasteiger partial charge in [0.1, 0.15) is 23.0 Å². The summed E-state index contributed by atoms with van der Waals surface area (Å²) in [5, 5.41) is 11.0. The summed E-state index contributed by atoms with van der Waals surface area (Å²) in [7, 11) is 1.66. The summed E-state index contributed by atoms with van der Waals surface area (Å²) in [6.45, 7) is 5.14. The molecule has 0 aromatic heterocycles. The third-order valence-electron chi connectivity index (χ3n) is 6.81. The van der Waals surface area contributed by atoms with Gasteiger partial charge in [0.2, 0.25) is 5.72 Å². The quantitative estimate of drug-likeness (QED) is 0.550. The number of anilines is 1. The van der Waals surface area contributed by atoms with Gasteiger partial charge >= 0.3 is 0 Å². The smallest absolute Gasteiger partial charge is 0.228 e. The molecule has 0 saturated carbocycles. The standard InChI is InChI=1S/C26H27FN2O3/c1-25(2)21-15-19(31-3)9-10-22(21)29(12-4-5-13-30)26(25)16-28-24-20-14-18(27)8-6-17(20)7-11-23(24)32-26/h6-11,14-16,30H,4-5,12-13H2,1-3H3. The van der Waals surface area contributed by atoms with E-state index in [0.717, 1.165) is 34.2 Å². The monoisotopic (exact) mass is 434 g/mol. The molecule has 2 heterocycles. The van der Waals surface area contributed by atoms with Crippen molar-refractivity contribution in [2.24, 2.45) is 4.99 Å². The van der Waals surface area contributed by atoms with Crippen LogP contribution in [0, 0.1) is 5.82 Å². The molecular weight excluding hydrogens is 407 g/mol. The highest BCUT2D eigenvalue weighted by molar-refractivity contribution is 6.00. The van der Waals surface area contributed by atoms with E-state index in [0.29, 0.717) is 24.4 Å². The number of aliphatic hydroxyl groups is 1. The minimum Gasteiger partial charge on any atom is -0.497 e. The lowest BCUT2D eigenvalue weighted by molar-refractivity contribution is 0.0771. The molecule has 0 aliphatic carbocycles. The van der Waals surface area contributed by atoms with E-state index in [4.69, 9.17) is 14.5 Å². The molecule has 166 valence electrons. The molecule has 1 spiro atoms. The first-order valence-electron chi connectivity index (χ1n) is 10.9. The number of rotatable bonds is 5. The van der Waals surface area contributed by atoms with Crippen LogP contribution in [-0.2, 0) is 5.41 Å². The van der Waals surface area contributed by atoms with Gasteiger partial charge < -0.3 is 19.5 Å². The molecule has 2 aliphatic rings. The number of halogens is 1. The van der Waals surface area contributed by atoms with Gasteiger partial charge in [0.25, 0.3) is 0 Å². The van der Waals surface area contributed by atoms with Gasteiger partial charge in [-0.05, 0) is 74.0 Å². The van der Waals surface area contributed by atoms with Gasteiger partial charge in [-0.1, -0.05) is 12.1 Å². The van der Waals surface area contributed by atoms with Gasteiger partial charge in [-0.15, -0.1) is 0 Å². The first-order valence-corrected chi connectivity index (χ1v) is 10.9. The lowest BCUT2D eigenvalue weighted by atomic mass is 9.77. The highest BCUT2D eigenvalue weighted by atomic mass is 19.1. The predicted octanol–water partition coefficient (Wildman–Crippen LogP) is 5.35. The molecule has 0 radical (unpaired) electrons. The van der Waals surface area contributed by atoms with E-state index in [9.17, 15) is 9.50 Å². The Morgan fingerprint density at radius 1 is 1.09 bits per heavy atom. The third-order valence-corrected chi connectivity index (χ3v) is 6.81. The number of fused-ring (bicyclic) bond motifs is 4. The summed E-state index contributed by atoms with van der Waals surface area (Å²) < 4.78 is 26.3. The summed E-state index contributed by atoms with van der Waals surface area (Å²) in [6, 6.07) is 14.7. The maximum absolute atomic E-state index is 14.0. The van der Waals surface area contributed by atoms with Crippen LogP contribution in [0.4, 0.5) is 15.8 Å². The van der Waals surface area contributed by atoms with Crippen LogP contribution in [0.3, 0.4) is 0 Å². The van der Waals surface area contributed by atoms with Crippen molar-refractivity contribution in [2.45, 2.75) is 37.8 Å². The van der Waals surface area contributed by atoms with Crippen molar-refractivity contribution in [3.63, 3.8) is 0 Å². The Labute approximate surface area is 187 Å². The number of benzene rings is 3. The molecule has 5 nitrogen and oxygen atoms in total. The first kappa shape index (κ1) is 20.8. The second kappa shape index (κ2) is 7.48. The Morgan fingerprint density at radius 3 is 2.69 bits per heavy atom. The number of methoxy groups -OCH3 is 1. The zero-order valence-corrected chi connectivity index (χ0v) is 18.6. The van der Waals surface area contributed by atoms with Crippen LogP contribution in [0.25, 0.3) is 10.8 Å². The van der Waals surface area contributed by atoms with Crippen molar-refractivity contribution in [1.82, 2.24) is 0 Å². The van der Waals surface area contributed by atoms with Gasteiger partial charge in [-0.3, -0.25) is 4.99 Å². The van der Waals surface area contributed by atoms with E-state index in [2.05, 4.69) is 30.9 Å². The van der Waals surface area contributed by atoms with Crippen molar-refractivity contribution in [3.05, 3.63) is 59.9 Å².